The maximum Gasteiger partial charge on any atom is 0.208 e. The smallest absolute Gasteiger partial charge is 0.208 e. The Kier molecular flexibility index (Phi) is 5.64. The first-order chi connectivity index (χ1) is 14.1. The molecule has 3 aromatic carbocycles. The molecule has 8 nitrogen and oxygen atoms in total. The lowest BCUT2D eigenvalue weighted by molar-refractivity contribution is 0.414. The zero-order valence-corrected chi connectivity index (χ0v) is 17.8. The Hall–Kier alpha value is -3.24. The predicted molar refractivity (Wildman–Crippen MR) is 112 cm³/mol. The van der Waals surface area contributed by atoms with Crippen LogP contribution >= 0.6 is 0 Å². The van der Waals surface area contributed by atoms with Gasteiger partial charge in [0.1, 0.15) is 11.5 Å². The summed E-state index contributed by atoms with van der Waals surface area (Å²) in [6.07, 6.45) is 0. The van der Waals surface area contributed by atoms with Crippen molar-refractivity contribution in [1.29, 1.82) is 0 Å². The van der Waals surface area contributed by atoms with Crippen LogP contribution in [0.4, 0.5) is 11.4 Å². The highest BCUT2D eigenvalue weighted by atomic mass is 32.2. The van der Waals surface area contributed by atoms with E-state index in [9.17, 15) is 16.8 Å². The number of hydrogen-bond acceptors (Lipinski definition) is 8. The van der Waals surface area contributed by atoms with Crippen LogP contribution in [0.25, 0.3) is 0 Å². The van der Waals surface area contributed by atoms with Crippen LogP contribution in [0.2, 0.25) is 0 Å². The molecule has 0 aliphatic rings. The maximum absolute atomic E-state index is 13.0. The van der Waals surface area contributed by atoms with Crippen molar-refractivity contribution >= 4 is 31.0 Å². The summed E-state index contributed by atoms with van der Waals surface area (Å²) in [6, 6.07) is 13.7. The SMILES string of the molecule is COc1ccc(S(=O)(=O)c2ccc(S(=O)(=O)c3ccc(OC)cc3)c(N)c2N)cc1. The van der Waals surface area contributed by atoms with Crippen LogP contribution in [0.1, 0.15) is 0 Å². The van der Waals surface area contributed by atoms with Gasteiger partial charge in [0.05, 0.1) is 45.2 Å². The second-order valence-corrected chi connectivity index (χ2v) is 10.1. The van der Waals surface area contributed by atoms with Gasteiger partial charge >= 0.3 is 0 Å². The second-order valence-electron chi connectivity index (χ2n) is 6.25. The van der Waals surface area contributed by atoms with Gasteiger partial charge in [0.2, 0.25) is 19.7 Å². The van der Waals surface area contributed by atoms with Gasteiger partial charge in [0.25, 0.3) is 0 Å². The summed E-state index contributed by atoms with van der Waals surface area (Å²) in [7, 11) is -5.12. The molecule has 158 valence electrons. The zero-order chi connectivity index (χ0) is 22.1. The minimum absolute atomic E-state index is 0.0276. The summed E-state index contributed by atoms with van der Waals surface area (Å²) in [5.41, 5.74) is 11.3. The van der Waals surface area contributed by atoms with Crippen molar-refractivity contribution in [3.8, 4) is 11.5 Å². The fraction of sp³-hybridized carbons (Fsp3) is 0.100. The van der Waals surface area contributed by atoms with Gasteiger partial charge in [0.15, 0.2) is 0 Å². The molecule has 10 heteroatoms. The average molecular weight is 449 g/mol. The Morgan fingerprint density at radius 1 is 0.567 bits per heavy atom. The van der Waals surface area contributed by atoms with Crippen LogP contribution in [-0.4, -0.2) is 31.1 Å². The van der Waals surface area contributed by atoms with E-state index in [2.05, 4.69) is 0 Å². The molecule has 3 aromatic rings. The standard InChI is InChI=1S/C20H20N2O6S2/c1-27-13-3-7-15(8-4-13)29(23,24)17-11-12-18(20(22)19(17)21)30(25,26)16-9-5-14(28-2)6-10-16/h3-12H,21-22H2,1-2H3. The first kappa shape index (κ1) is 21.5. The van der Waals surface area contributed by atoms with E-state index in [1.54, 1.807) is 0 Å². The fourth-order valence-corrected chi connectivity index (χ4v) is 5.62. The second kappa shape index (κ2) is 7.88. The summed E-state index contributed by atoms with van der Waals surface area (Å²) in [4.78, 5) is -0.613. The third-order valence-electron chi connectivity index (χ3n) is 4.53. The summed E-state index contributed by atoms with van der Waals surface area (Å²) in [6.45, 7) is 0. The van der Waals surface area contributed by atoms with Crippen LogP contribution < -0.4 is 20.9 Å². The Morgan fingerprint density at radius 2 is 0.867 bits per heavy atom. The van der Waals surface area contributed by atoms with Gasteiger partial charge in [-0.25, -0.2) is 16.8 Å². The largest absolute Gasteiger partial charge is 0.497 e. The number of nitrogen functional groups attached to an aromatic ring is 2. The van der Waals surface area contributed by atoms with Gasteiger partial charge in [-0.3, -0.25) is 0 Å². The lowest BCUT2D eigenvalue weighted by Crippen LogP contribution is -2.12. The zero-order valence-electron chi connectivity index (χ0n) is 16.2. The first-order valence-electron chi connectivity index (χ1n) is 8.59. The van der Waals surface area contributed by atoms with E-state index in [4.69, 9.17) is 20.9 Å². The van der Waals surface area contributed by atoms with E-state index >= 15 is 0 Å². The first-order valence-corrected chi connectivity index (χ1v) is 11.6. The Labute approximate surface area is 174 Å². The predicted octanol–water partition coefficient (Wildman–Crippen LogP) is 2.53. The normalized spacial score (nSPS) is 11.8. The van der Waals surface area contributed by atoms with Crippen molar-refractivity contribution in [2.24, 2.45) is 0 Å². The van der Waals surface area contributed by atoms with Gasteiger partial charge < -0.3 is 20.9 Å². The minimum Gasteiger partial charge on any atom is -0.497 e. The third kappa shape index (κ3) is 3.66. The quantitative estimate of drug-likeness (QED) is 0.549. The average Bonchev–Trinajstić information content (AvgIpc) is 2.75. The molecule has 0 saturated carbocycles. The van der Waals surface area contributed by atoms with E-state index in [1.165, 1.54) is 62.8 Å². The molecule has 0 aliphatic heterocycles. The number of benzene rings is 3. The summed E-state index contributed by atoms with van der Waals surface area (Å²) in [5.74, 6) is 0.977. The summed E-state index contributed by atoms with van der Waals surface area (Å²) in [5, 5.41) is 0. The molecule has 0 fully saturated rings. The number of nitrogens with two attached hydrogens (primary N) is 2. The molecular weight excluding hydrogens is 428 g/mol. The maximum atomic E-state index is 13.0. The molecule has 3 rings (SSSR count). The van der Waals surface area contributed by atoms with Gasteiger partial charge in [-0.2, -0.15) is 0 Å². The highest BCUT2D eigenvalue weighted by molar-refractivity contribution is 7.92. The molecule has 0 bridgehead atoms. The van der Waals surface area contributed by atoms with E-state index in [0.717, 1.165) is 12.1 Å². The minimum atomic E-state index is -4.02. The molecule has 0 radical (unpaired) electrons. The lowest BCUT2D eigenvalue weighted by atomic mass is 10.3. The Morgan fingerprint density at radius 3 is 1.13 bits per heavy atom. The van der Waals surface area contributed by atoms with E-state index in [0.29, 0.717) is 11.5 Å². The van der Waals surface area contributed by atoms with Crippen molar-refractivity contribution in [3.63, 3.8) is 0 Å². The molecule has 0 aromatic heterocycles. The van der Waals surface area contributed by atoms with Crippen LogP contribution in [0, 0.1) is 0 Å². The Balaban J connectivity index is 2.08. The molecule has 0 unspecified atom stereocenters. The van der Waals surface area contributed by atoms with Crippen LogP contribution in [0.5, 0.6) is 11.5 Å². The molecule has 0 atom stereocenters. The molecule has 0 aliphatic carbocycles. The highest BCUT2D eigenvalue weighted by Gasteiger charge is 2.27. The summed E-state index contributed by atoms with van der Waals surface area (Å²) >= 11 is 0. The van der Waals surface area contributed by atoms with E-state index < -0.39 is 19.7 Å². The topological polar surface area (TPSA) is 139 Å². The third-order valence-corrected chi connectivity index (χ3v) is 8.18. The lowest BCUT2D eigenvalue weighted by Gasteiger charge is -2.14. The molecule has 0 saturated heterocycles. The number of rotatable bonds is 6. The van der Waals surface area contributed by atoms with Crippen molar-refractivity contribution in [2.45, 2.75) is 19.6 Å². The van der Waals surface area contributed by atoms with Crippen LogP contribution in [0.3, 0.4) is 0 Å². The molecule has 0 amide bonds. The monoisotopic (exact) mass is 448 g/mol. The molecule has 0 heterocycles. The van der Waals surface area contributed by atoms with Crippen molar-refractivity contribution in [2.75, 3.05) is 25.7 Å². The van der Waals surface area contributed by atoms with Crippen molar-refractivity contribution in [1.82, 2.24) is 0 Å². The van der Waals surface area contributed by atoms with Crippen LogP contribution in [0.15, 0.2) is 80.2 Å². The number of hydrogen-bond donors (Lipinski definition) is 2. The van der Waals surface area contributed by atoms with Gasteiger partial charge in [-0.05, 0) is 60.7 Å². The molecule has 4 N–H and O–H groups in total. The Bertz CT molecular complexity index is 1180. The number of sulfone groups is 2. The molecule has 0 spiro atoms. The number of methoxy groups -OCH3 is 2. The molecule has 30 heavy (non-hydrogen) atoms. The highest BCUT2D eigenvalue weighted by Crippen LogP contribution is 2.36. The number of anilines is 2. The van der Waals surface area contributed by atoms with Gasteiger partial charge in [-0.1, -0.05) is 0 Å². The van der Waals surface area contributed by atoms with Crippen LogP contribution in [-0.2, 0) is 19.7 Å². The van der Waals surface area contributed by atoms with E-state index in [1.807, 2.05) is 0 Å². The van der Waals surface area contributed by atoms with E-state index in [-0.39, 0.29) is 31.0 Å². The van der Waals surface area contributed by atoms with Gasteiger partial charge in [-0.15, -0.1) is 0 Å². The van der Waals surface area contributed by atoms with Crippen molar-refractivity contribution < 1.29 is 26.3 Å². The van der Waals surface area contributed by atoms with Crippen molar-refractivity contribution in [3.05, 3.63) is 60.7 Å². The fourth-order valence-electron chi connectivity index (χ4n) is 2.83. The molecular formula is C20H20N2O6S2. The number of ether oxygens (including phenoxy) is 2. The van der Waals surface area contributed by atoms with Gasteiger partial charge in [0, 0.05) is 0 Å². The summed E-state index contributed by atoms with van der Waals surface area (Å²) < 4.78 is 61.9.